The molecule has 2 heterocycles. The lowest BCUT2D eigenvalue weighted by Gasteiger charge is -2.10. The van der Waals surface area contributed by atoms with Gasteiger partial charge in [-0.2, -0.15) is 4.68 Å². The molecule has 3 rings (SSSR count). The van der Waals surface area contributed by atoms with Crippen LogP contribution in [0.2, 0.25) is 0 Å². The standard InChI is InChI=1S/C11H9BrN6O2S/c12-8-2-1-3-9(18-11(19)13-15-16-18)7(8)6-20-10-4-5-17(21)14-10/h1-5,21H,6H2,(H,13,16,19). The second-order valence-corrected chi connectivity index (χ2v) is 5.28. The molecule has 0 aliphatic rings. The van der Waals surface area contributed by atoms with Crippen molar-refractivity contribution in [2.24, 2.45) is 0 Å². The minimum Gasteiger partial charge on any atom is -0.472 e. The highest BCUT2D eigenvalue weighted by atomic mass is 79.9. The fourth-order valence-corrected chi connectivity index (χ4v) is 2.39. The number of nitrogens with one attached hydrogen (secondary N) is 1. The van der Waals surface area contributed by atoms with Gasteiger partial charge in [-0.25, -0.2) is 14.0 Å². The zero-order valence-corrected chi connectivity index (χ0v) is 13.0. The number of hydrogen-bond acceptors (Lipinski definition) is 6. The van der Waals surface area contributed by atoms with E-state index in [1.807, 2.05) is 6.07 Å². The molecule has 0 unspecified atom stereocenters. The van der Waals surface area contributed by atoms with E-state index in [1.54, 1.807) is 24.4 Å². The highest BCUT2D eigenvalue weighted by Gasteiger charge is 2.13. The molecule has 10 heteroatoms. The van der Waals surface area contributed by atoms with Crippen LogP contribution in [0.1, 0.15) is 5.56 Å². The fraction of sp³-hybridized carbons (Fsp3) is 0.0909. The molecule has 0 saturated heterocycles. The lowest BCUT2D eigenvalue weighted by Crippen LogP contribution is -2.18. The fourth-order valence-electron chi connectivity index (χ4n) is 1.77. The Morgan fingerprint density at radius 2 is 2.24 bits per heavy atom. The van der Waals surface area contributed by atoms with Gasteiger partial charge < -0.3 is 4.74 Å². The van der Waals surface area contributed by atoms with Crippen LogP contribution >= 0.6 is 28.7 Å². The number of hydrogen-bond donors (Lipinski definition) is 2. The van der Waals surface area contributed by atoms with Gasteiger partial charge in [-0.05, 0) is 35.4 Å². The number of H-pyrrole nitrogens is 1. The van der Waals surface area contributed by atoms with E-state index in [9.17, 15) is 4.79 Å². The van der Waals surface area contributed by atoms with Crippen LogP contribution < -0.4 is 10.4 Å². The summed E-state index contributed by atoms with van der Waals surface area (Å²) in [4.78, 5) is 11.7. The monoisotopic (exact) mass is 368 g/mol. The minimum atomic E-state index is -0.422. The zero-order valence-electron chi connectivity index (χ0n) is 10.5. The van der Waals surface area contributed by atoms with Crippen LogP contribution in [0.25, 0.3) is 5.69 Å². The molecule has 108 valence electrons. The first kappa shape index (κ1) is 13.9. The Bertz CT molecular complexity index is 826. The molecule has 1 N–H and O–H groups in total. The van der Waals surface area contributed by atoms with E-state index in [1.165, 1.54) is 8.77 Å². The van der Waals surface area contributed by atoms with E-state index in [0.717, 1.165) is 10.0 Å². The van der Waals surface area contributed by atoms with Crippen molar-refractivity contribution in [3.05, 3.63) is 51.0 Å². The van der Waals surface area contributed by atoms with Crippen LogP contribution in [0.3, 0.4) is 0 Å². The van der Waals surface area contributed by atoms with Crippen molar-refractivity contribution in [2.75, 3.05) is 0 Å². The molecule has 21 heavy (non-hydrogen) atoms. The maximum atomic E-state index is 11.7. The number of rotatable bonds is 4. The molecule has 0 amide bonds. The molecule has 0 bridgehead atoms. The summed E-state index contributed by atoms with van der Waals surface area (Å²) < 4.78 is 8.89. The van der Waals surface area contributed by atoms with Crippen molar-refractivity contribution in [3.63, 3.8) is 0 Å². The number of aromatic amines is 1. The lowest BCUT2D eigenvalue weighted by molar-refractivity contribution is 0.291. The van der Waals surface area contributed by atoms with E-state index in [-0.39, 0.29) is 6.61 Å². The first-order valence-corrected chi connectivity index (χ1v) is 7.00. The molecule has 0 atom stereocenters. The van der Waals surface area contributed by atoms with Gasteiger partial charge >= 0.3 is 5.69 Å². The van der Waals surface area contributed by atoms with Crippen LogP contribution in [0.15, 0.2) is 39.7 Å². The van der Waals surface area contributed by atoms with Gasteiger partial charge in [-0.1, -0.05) is 22.0 Å². The molecule has 0 aliphatic carbocycles. The van der Waals surface area contributed by atoms with E-state index in [0.29, 0.717) is 11.6 Å². The number of benzene rings is 1. The third kappa shape index (κ3) is 2.85. The van der Waals surface area contributed by atoms with Gasteiger partial charge in [0.15, 0.2) is 0 Å². The van der Waals surface area contributed by atoms with Gasteiger partial charge in [-0.15, -0.1) is 5.10 Å². The summed E-state index contributed by atoms with van der Waals surface area (Å²) in [6.45, 7) is 0.209. The molecule has 1 aromatic carbocycles. The number of aromatic nitrogens is 6. The first-order chi connectivity index (χ1) is 10.1. The average Bonchev–Trinajstić information content (AvgIpc) is 3.06. The molecule has 8 nitrogen and oxygen atoms in total. The normalized spacial score (nSPS) is 10.8. The summed E-state index contributed by atoms with van der Waals surface area (Å²) >= 11 is 7.48. The van der Waals surface area contributed by atoms with Gasteiger partial charge in [0.05, 0.1) is 5.69 Å². The molecule has 0 aliphatic heterocycles. The number of ether oxygens (including phenoxy) is 1. The SMILES string of the molecule is O=c1[nH]nnn1-c1cccc(Br)c1COc1ccn(S)n1. The summed E-state index contributed by atoms with van der Waals surface area (Å²) in [7, 11) is 0. The Morgan fingerprint density at radius 1 is 1.38 bits per heavy atom. The van der Waals surface area contributed by atoms with Crippen molar-refractivity contribution in [3.8, 4) is 11.6 Å². The minimum absolute atomic E-state index is 0.209. The topological polar surface area (TPSA) is 90.6 Å². The summed E-state index contributed by atoms with van der Waals surface area (Å²) in [5, 5.41) is 13.5. The van der Waals surface area contributed by atoms with Crippen molar-refractivity contribution in [1.82, 2.24) is 29.4 Å². The molecule has 0 fully saturated rings. The summed E-state index contributed by atoms with van der Waals surface area (Å²) in [6.07, 6.45) is 1.65. The Morgan fingerprint density at radius 3 is 2.90 bits per heavy atom. The number of nitrogens with zero attached hydrogens (tertiary/aromatic N) is 5. The Balaban J connectivity index is 1.94. The van der Waals surface area contributed by atoms with Gasteiger partial charge in [0.1, 0.15) is 6.61 Å². The van der Waals surface area contributed by atoms with Crippen LogP contribution in [-0.4, -0.2) is 29.4 Å². The number of thiol groups is 1. The van der Waals surface area contributed by atoms with Gasteiger partial charge in [0, 0.05) is 22.3 Å². The summed E-state index contributed by atoms with van der Waals surface area (Å²) in [6, 6.07) is 7.09. The van der Waals surface area contributed by atoms with Crippen LogP contribution in [-0.2, 0) is 6.61 Å². The highest BCUT2D eigenvalue weighted by Crippen LogP contribution is 2.24. The summed E-state index contributed by atoms with van der Waals surface area (Å²) in [5.74, 6) is 0.430. The van der Waals surface area contributed by atoms with Gasteiger partial charge in [-0.3, -0.25) is 0 Å². The predicted octanol–water partition coefficient (Wildman–Crippen LogP) is 1.19. The molecule has 0 spiro atoms. The molecule has 3 aromatic rings. The van der Waals surface area contributed by atoms with Crippen molar-refractivity contribution >= 4 is 28.7 Å². The molecular formula is C11H9BrN6O2S. The smallest absolute Gasteiger partial charge is 0.365 e. The van der Waals surface area contributed by atoms with E-state index in [4.69, 9.17) is 4.74 Å². The largest absolute Gasteiger partial charge is 0.472 e. The second kappa shape index (κ2) is 5.74. The maximum Gasteiger partial charge on any atom is 0.365 e. The van der Waals surface area contributed by atoms with Gasteiger partial charge in [0.25, 0.3) is 0 Å². The maximum absolute atomic E-state index is 11.7. The molecular weight excluding hydrogens is 360 g/mol. The summed E-state index contributed by atoms with van der Waals surface area (Å²) in [5.41, 5.74) is 0.907. The zero-order chi connectivity index (χ0) is 14.8. The molecule has 0 saturated carbocycles. The third-order valence-corrected chi connectivity index (χ3v) is 3.68. The van der Waals surface area contributed by atoms with E-state index >= 15 is 0 Å². The Kier molecular flexibility index (Phi) is 3.80. The van der Waals surface area contributed by atoms with Crippen molar-refractivity contribution in [1.29, 1.82) is 0 Å². The van der Waals surface area contributed by atoms with Crippen molar-refractivity contribution < 1.29 is 4.74 Å². The lowest BCUT2D eigenvalue weighted by atomic mass is 10.2. The Labute approximate surface area is 132 Å². The van der Waals surface area contributed by atoms with Crippen molar-refractivity contribution in [2.45, 2.75) is 6.61 Å². The van der Waals surface area contributed by atoms with Gasteiger partial charge in [0.2, 0.25) is 5.88 Å². The third-order valence-electron chi connectivity index (χ3n) is 2.71. The van der Waals surface area contributed by atoms with E-state index in [2.05, 4.69) is 49.4 Å². The predicted molar refractivity (Wildman–Crippen MR) is 80.6 cm³/mol. The quantitative estimate of drug-likeness (QED) is 0.675. The van der Waals surface area contributed by atoms with Crippen LogP contribution in [0.5, 0.6) is 5.88 Å². The van der Waals surface area contributed by atoms with Crippen LogP contribution in [0.4, 0.5) is 0 Å². The number of tetrazole rings is 1. The number of halogens is 1. The molecule has 0 radical (unpaired) electrons. The van der Waals surface area contributed by atoms with Crippen LogP contribution in [0, 0.1) is 0 Å². The Hall–Kier alpha value is -2.07. The van der Waals surface area contributed by atoms with E-state index < -0.39 is 5.69 Å². The molecule has 2 aromatic heterocycles. The average molecular weight is 369 g/mol. The first-order valence-electron chi connectivity index (χ1n) is 5.81. The second-order valence-electron chi connectivity index (χ2n) is 4.02. The highest BCUT2D eigenvalue weighted by molar-refractivity contribution is 9.10.